The number of nitrogens with one attached hydrogen (secondary N) is 1. The molecule has 3 atom stereocenters. The number of fused-ring (bicyclic) bond motifs is 1. The topological polar surface area (TPSA) is 39.7 Å². The molecule has 2 aliphatic rings. The Morgan fingerprint density at radius 3 is 2.95 bits per heavy atom. The smallest absolute Gasteiger partial charge is 0.231 e. The fourth-order valence-electron chi connectivity index (χ4n) is 2.67. The molecule has 1 fully saturated rings. The van der Waals surface area contributed by atoms with Gasteiger partial charge in [0.2, 0.25) is 6.79 Å². The Morgan fingerprint density at radius 2 is 2.16 bits per heavy atom. The maximum absolute atomic E-state index is 5.59. The zero-order chi connectivity index (χ0) is 13.2. The predicted molar refractivity (Wildman–Crippen MR) is 72.5 cm³/mol. The molecule has 0 aromatic heterocycles. The summed E-state index contributed by atoms with van der Waals surface area (Å²) in [5, 5.41) is 3.59. The second-order valence-corrected chi connectivity index (χ2v) is 5.37. The summed E-state index contributed by atoms with van der Waals surface area (Å²) >= 11 is 0. The number of ether oxygens (including phenoxy) is 3. The molecule has 1 N–H and O–H groups in total. The Morgan fingerprint density at radius 1 is 1.32 bits per heavy atom. The van der Waals surface area contributed by atoms with E-state index in [1.54, 1.807) is 0 Å². The summed E-state index contributed by atoms with van der Waals surface area (Å²) in [6.45, 7) is 6.56. The van der Waals surface area contributed by atoms with Crippen LogP contribution in [0.25, 0.3) is 0 Å². The summed E-state index contributed by atoms with van der Waals surface area (Å²) < 4.78 is 16.3. The minimum atomic E-state index is 0.308. The lowest BCUT2D eigenvalue weighted by atomic mass is 10.0. The van der Waals surface area contributed by atoms with Crippen molar-refractivity contribution in [1.29, 1.82) is 0 Å². The quantitative estimate of drug-likeness (QED) is 0.906. The summed E-state index contributed by atoms with van der Waals surface area (Å²) in [5.74, 6) is 2.31. The van der Waals surface area contributed by atoms with Gasteiger partial charge in [-0.1, -0.05) is 6.07 Å². The molecule has 0 aliphatic carbocycles. The van der Waals surface area contributed by atoms with E-state index in [9.17, 15) is 0 Å². The molecule has 3 rings (SSSR count). The van der Waals surface area contributed by atoms with Gasteiger partial charge in [0.15, 0.2) is 11.5 Å². The van der Waals surface area contributed by atoms with E-state index < -0.39 is 0 Å². The largest absolute Gasteiger partial charge is 0.454 e. The molecule has 0 radical (unpaired) electrons. The van der Waals surface area contributed by atoms with Crippen molar-refractivity contribution in [1.82, 2.24) is 5.32 Å². The maximum atomic E-state index is 5.59. The van der Waals surface area contributed by atoms with Crippen molar-refractivity contribution >= 4 is 0 Å². The fraction of sp³-hybridized carbons (Fsp3) is 0.600. The average Bonchev–Trinajstić information content (AvgIpc) is 3.03. The summed E-state index contributed by atoms with van der Waals surface area (Å²) in [7, 11) is 0. The Kier molecular flexibility index (Phi) is 3.62. The number of benzene rings is 1. The first-order chi connectivity index (χ1) is 9.24. The second-order valence-electron chi connectivity index (χ2n) is 5.37. The molecule has 4 heteroatoms. The van der Waals surface area contributed by atoms with Gasteiger partial charge in [0.1, 0.15) is 0 Å². The minimum Gasteiger partial charge on any atom is -0.454 e. The third kappa shape index (κ3) is 2.69. The molecule has 0 saturated carbocycles. The van der Waals surface area contributed by atoms with Gasteiger partial charge in [-0.25, -0.2) is 0 Å². The van der Waals surface area contributed by atoms with Crippen LogP contribution in [0.1, 0.15) is 31.9 Å². The lowest BCUT2D eigenvalue weighted by molar-refractivity contribution is 0.105. The van der Waals surface area contributed by atoms with Gasteiger partial charge in [0.25, 0.3) is 0 Å². The first-order valence-corrected chi connectivity index (χ1v) is 6.98. The molecule has 104 valence electrons. The normalized spacial score (nSPS) is 26.6. The van der Waals surface area contributed by atoms with Crippen LogP contribution in [-0.4, -0.2) is 26.0 Å². The van der Waals surface area contributed by atoms with E-state index in [2.05, 4.69) is 31.3 Å². The molecule has 2 aliphatic heterocycles. The highest BCUT2D eigenvalue weighted by Crippen LogP contribution is 2.34. The van der Waals surface area contributed by atoms with E-state index in [-0.39, 0.29) is 0 Å². The van der Waals surface area contributed by atoms with Crippen molar-refractivity contribution in [2.75, 3.05) is 19.9 Å². The van der Waals surface area contributed by atoms with Gasteiger partial charge in [-0.2, -0.15) is 0 Å². The number of hydrogen-bond acceptors (Lipinski definition) is 4. The maximum Gasteiger partial charge on any atom is 0.231 e. The second kappa shape index (κ2) is 5.39. The summed E-state index contributed by atoms with van der Waals surface area (Å²) in [6.07, 6.45) is 1.53. The summed E-state index contributed by atoms with van der Waals surface area (Å²) in [5.41, 5.74) is 1.23. The molecular formula is C15H21NO3. The summed E-state index contributed by atoms with van der Waals surface area (Å²) in [4.78, 5) is 0. The lowest BCUT2D eigenvalue weighted by Crippen LogP contribution is -2.29. The standard InChI is InChI=1S/C15H21NO3/c1-10(16-8-13-5-6-17-11(13)2)12-3-4-14-15(7-12)19-9-18-14/h3-4,7,10-11,13,16H,5-6,8-9H2,1-2H3. The van der Waals surface area contributed by atoms with Gasteiger partial charge in [-0.05, 0) is 43.9 Å². The molecule has 4 nitrogen and oxygen atoms in total. The van der Waals surface area contributed by atoms with Crippen LogP contribution in [0, 0.1) is 5.92 Å². The van der Waals surface area contributed by atoms with E-state index in [0.717, 1.165) is 31.1 Å². The lowest BCUT2D eigenvalue weighted by Gasteiger charge is -2.19. The van der Waals surface area contributed by atoms with Crippen LogP contribution in [0.5, 0.6) is 11.5 Å². The number of hydrogen-bond donors (Lipinski definition) is 1. The molecule has 3 unspecified atom stereocenters. The highest BCUT2D eigenvalue weighted by atomic mass is 16.7. The molecule has 1 aromatic carbocycles. The molecule has 0 bridgehead atoms. The van der Waals surface area contributed by atoms with E-state index >= 15 is 0 Å². The van der Waals surface area contributed by atoms with Crippen LogP contribution in [0.3, 0.4) is 0 Å². The Balaban J connectivity index is 1.59. The highest BCUT2D eigenvalue weighted by Gasteiger charge is 2.24. The molecule has 0 amide bonds. The van der Waals surface area contributed by atoms with Crippen LogP contribution in [0.15, 0.2) is 18.2 Å². The van der Waals surface area contributed by atoms with Crippen LogP contribution in [0.4, 0.5) is 0 Å². The van der Waals surface area contributed by atoms with Crippen LogP contribution in [0.2, 0.25) is 0 Å². The first-order valence-electron chi connectivity index (χ1n) is 6.98. The van der Waals surface area contributed by atoms with E-state index in [0.29, 0.717) is 24.9 Å². The van der Waals surface area contributed by atoms with Crippen molar-refractivity contribution in [3.05, 3.63) is 23.8 Å². The van der Waals surface area contributed by atoms with Gasteiger partial charge in [0, 0.05) is 19.2 Å². The van der Waals surface area contributed by atoms with E-state index in [4.69, 9.17) is 14.2 Å². The molecule has 2 heterocycles. The third-order valence-corrected chi connectivity index (χ3v) is 4.12. The average molecular weight is 263 g/mol. The summed E-state index contributed by atoms with van der Waals surface area (Å²) in [6, 6.07) is 6.45. The zero-order valence-corrected chi connectivity index (χ0v) is 11.5. The molecule has 1 aromatic rings. The van der Waals surface area contributed by atoms with Crippen molar-refractivity contribution in [3.63, 3.8) is 0 Å². The van der Waals surface area contributed by atoms with Gasteiger partial charge < -0.3 is 19.5 Å². The van der Waals surface area contributed by atoms with Gasteiger partial charge >= 0.3 is 0 Å². The zero-order valence-electron chi connectivity index (χ0n) is 11.5. The minimum absolute atomic E-state index is 0.308. The fourth-order valence-corrected chi connectivity index (χ4v) is 2.67. The monoisotopic (exact) mass is 263 g/mol. The Bertz CT molecular complexity index is 449. The van der Waals surface area contributed by atoms with Crippen molar-refractivity contribution < 1.29 is 14.2 Å². The van der Waals surface area contributed by atoms with Crippen molar-refractivity contribution in [3.8, 4) is 11.5 Å². The Labute approximate surface area is 114 Å². The molecule has 1 saturated heterocycles. The predicted octanol–water partition coefficient (Wildman–Crippen LogP) is 2.49. The third-order valence-electron chi connectivity index (χ3n) is 4.12. The van der Waals surface area contributed by atoms with Crippen molar-refractivity contribution in [2.24, 2.45) is 5.92 Å². The van der Waals surface area contributed by atoms with Gasteiger partial charge in [-0.15, -0.1) is 0 Å². The van der Waals surface area contributed by atoms with Crippen LogP contribution in [-0.2, 0) is 4.74 Å². The number of rotatable bonds is 4. The Hall–Kier alpha value is -1.26. The van der Waals surface area contributed by atoms with Gasteiger partial charge in [0.05, 0.1) is 6.10 Å². The highest BCUT2D eigenvalue weighted by molar-refractivity contribution is 5.45. The van der Waals surface area contributed by atoms with Crippen LogP contribution >= 0.6 is 0 Å². The van der Waals surface area contributed by atoms with E-state index in [1.807, 2.05) is 6.07 Å². The molecule has 19 heavy (non-hydrogen) atoms. The van der Waals surface area contributed by atoms with E-state index in [1.165, 1.54) is 5.56 Å². The molecule has 0 spiro atoms. The molecular weight excluding hydrogens is 242 g/mol. The SMILES string of the molecule is CC(NCC1CCOC1C)c1ccc2c(c1)OCO2. The first kappa shape index (κ1) is 12.8. The van der Waals surface area contributed by atoms with Crippen molar-refractivity contribution in [2.45, 2.75) is 32.4 Å². The van der Waals surface area contributed by atoms with Gasteiger partial charge in [-0.3, -0.25) is 0 Å². The van der Waals surface area contributed by atoms with Crippen LogP contribution < -0.4 is 14.8 Å².